The summed E-state index contributed by atoms with van der Waals surface area (Å²) in [5.74, 6) is 0. The van der Waals surface area contributed by atoms with Crippen LogP contribution in [0, 0.1) is 0 Å². The predicted octanol–water partition coefficient (Wildman–Crippen LogP) is 28.2. The first-order valence-electron chi connectivity index (χ1n) is 43.2. The number of para-hydroxylation sites is 2. The summed E-state index contributed by atoms with van der Waals surface area (Å²) in [5, 5.41) is 19.2. The van der Waals surface area contributed by atoms with Gasteiger partial charge >= 0.3 is 0 Å². The van der Waals surface area contributed by atoms with E-state index in [0.717, 1.165) is 77.1 Å². The monoisotopic (exact) mass is 1740 g/mol. The maximum atomic E-state index is 6.24. The summed E-state index contributed by atoms with van der Waals surface area (Å²) >= 11 is 3.46. The smallest absolute Gasteiger partial charge is 0.179 e. The Bertz CT molecular complexity index is 7230. The second kappa shape index (κ2) is 37.5. The van der Waals surface area contributed by atoms with Crippen molar-refractivity contribution in [3.05, 3.63) is 526 Å². The van der Waals surface area contributed by atoms with Gasteiger partial charge in [0, 0.05) is 54.5 Å². The third-order valence-corrected chi connectivity index (χ3v) is 34.6. The van der Waals surface area contributed by atoms with Crippen molar-refractivity contribution in [2.24, 2.45) is 0 Å². The number of rotatable bonds is 19. The number of furan rings is 2. The number of nitrogens with one attached hydrogen (secondary N) is 1. The molecular formula is C121H91BrN2O2Si2. The minimum absolute atomic E-state index is 0. The molecule has 2 heterocycles. The quantitative estimate of drug-likeness (QED) is 0.0647. The highest BCUT2D eigenvalue weighted by molar-refractivity contribution is 9.10. The van der Waals surface area contributed by atoms with E-state index in [1.165, 1.54) is 108 Å². The Kier molecular flexibility index (Phi) is 24.1. The first-order chi connectivity index (χ1) is 62.8. The van der Waals surface area contributed by atoms with Crippen molar-refractivity contribution in [1.82, 2.24) is 0 Å². The average Bonchev–Trinajstić information content (AvgIpc) is 0.976. The van der Waals surface area contributed by atoms with Crippen LogP contribution in [0.3, 0.4) is 0 Å². The molecule has 0 saturated heterocycles. The van der Waals surface area contributed by atoms with Crippen LogP contribution < -0.4 is 51.7 Å². The number of halogens is 1. The van der Waals surface area contributed by atoms with Gasteiger partial charge in [0.25, 0.3) is 0 Å². The maximum Gasteiger partial charge on any atom is 0.179 e. The molecule has 0 atom stereocenters. The van der Waals surface area contributed by atoms with Crippen molar-refractivity contribution in [3.63, 3.8) is 0 Å². The topological polar surface area (TPSA) is 41.6 Å². The van der Waals surface area contributed by atoms with Crippen LogP contribution in [0.2, 0.25) is 0 Å². The van der Waals surface area contributed by atoms with Crippen molar-refractivity contribution < 1.29 is 8.83 Å². The Morgan fingerprint density at radius 2 is 0.383 bits per heavy atom. The van der Waals surface area contributed by atoms with Crippen LogP contribution in [0.5, 0.6) is 0 Å². The van der Waals surface area contributed by atoms with Crippen molar-refractivity contribution in [1.29, 1.82) is 0 Å². The van der Waals surface area contributed by atoms with Gasteiger partial charge in [0.2, 0.25) is 0 Å². The van der Waals surface area contributed by atoms with Gasteiger partial charge in [0.05, 0.1) is 0 Å². The molecule has 22 rings (SSSR count). The molecular weight excluding hydrogens is 1650 g/mol. The van der Waals surface area contributed by atoms with E-state index in [4.69, 9.17) is 8.83 Å². The van der Waals surface area contributed by atoms with E-state index in [-0.39, 0.29) is 7.43 Å². The predicted molar refractivity (Wildman–Crippen MR) is 553 cm³/mol. The van der Waals surface area contributed by atoms with Crippen LogP contribution >= 0.6 is 15.9 Å². The summed E-state index contributed by atoms with van der Waals surface area (Å²) in [5.41, 5.74) is 23.3. The third kappa shape index (κ3) is 16.8. The summed E-state index contributed by atoms with van der Waals surface area (Å²) < 4.78 is 13.3. The lowest BCUT2D eigenvalue weighted by Gasteiger charge is -2.34. The van der Waals surface area contributed by atoms with E-state index in [1.807, 2.05) is 36.4 Å². The molecule has 7 heteroatoms. The molecule has 0 aliphatic carbocycles. The molecule has 0 spiro atoms. The molecule has 0 unspecified atom stereocenters. The Hall–Kier alpha value is -15.5. The minimum Gasteiger partial charge on any atom is -0.456 e. The van der Waals surface area contributed by atoms with Gasteiger partial charge in [-0.2, -0.15) is 0 Å². The lowest BCUT2D eigenvalue weighted by atomic mass is 10.0. The Morgan fingerprint density at radius 3 is 0.672 bits per heavy atom. The second-order valence-corrected chi connectivity index (χ2v) is 40.5. The molecule has 1 N–H and O–H groups in total. The summed E-state index contributed by atoms with van der Waals surface area (Å²) in [7, 11) is -5.12. The molecule has 0 fully saturated rings. The van der Waals surface area contributed by atoms with Crippen LogP contribution in [-0.4, -0.2) is 16.1 Å². The van der Waals surface area contributed by atoms with Crippen LogP contribution in [0.1, 0.15) is 7.43 Å². The van der Waals surface area contributed by atoms with Crippen LogP contribution in [0.15, 0.2) is 535 Å². The van der Waals surface area contributed by atoms with Crippen molar-refractivity contribution in [3.8, 4) is 66.8 Å². The van der Waals surface area contributed by atoms with Gasteiger partial charge in [-0.05, 0) is 217 Å². The average molecular weight is 1740 g/mol. The fourth-order valence-corrected chi connectivity index (χ4v) is 27.9. The summed E-state index contributed by atoms with van der Waals surface area (Å²) in [4.78, 5) is 2.34. The van der Waals surface area contributed by atoms with E-state index in [1.54, 1.807) is 0 Å². The molecule has 128 heavy (non-hydrogen) atoms. The highest BCUT2D eigenvalue weighted by Gasteiger charge is 2.43. The first kappa shape index (κ1) is 82.1. The molecule has 0 radical (unpaired) electrons. The van der Waals surface area contributed by atoms with Crippen molar-refractivity contribution in [2.45, 2.75) is 7.43 Å². The first-order valence-corrected chi connectivity index (χ1v) is 48.0. The van der Waals surface area contributed by atoms with Crippen LogP contribution in [0.25, 0.3) is 111 Å². The van der Waals surface area contributed by atoms with Gasteiger partial charge in [0.1, 0.15) is 22.3 Å². The maximum absolute atomic E-state index is 6.24. The zero-order valence-electron chi connectivity index (χ0n) is 69.8. The molecule has 0 amide bonds. The van der Waals surface area contributed by atoms with E-state index in [9.17, 15) is 0 Å². The SMILES string of the molecule is Brc1ccc(-c2ccc3c(c2)oc2ccccc23)cc1.C.c1ccc(-c2ccc(N(c3ccc(-c4ccc([Si](c5ccccc5)(c5ccccc5)c5ccccc5)cc4)cc3)c3ccc(-c4ccc5c(c4)oc4ccccc45)cc3)cc2)cc1.c1ccc(-c2ccc(Nc3ccc(-c4ccc([Si](c5ccccc5)(c5ccccc5)c5ccccc5)cc4)cc3)cc2)cc1. The molecule has 0 aliphatic heterocycles. The molecule has 0 aliphatic rings. The van der Waals surface area contributed by atoms with Gasteiger partial charge in [-0.3, -0.25) is 0 Å². The van der Waals surface area contributed by atoms with Gasteiger partial charge in [-0.25, -0.2) is 0 Å². The highest BCUT2D eigenvalue weighted by Crippen LogP contribution is 2.40. The van der Waals surface area contributed by atoms with Crippen LogP contribution in [-0.2, 0) is 0 Å². The third-order valence-electron chi connectivity index (χ3n) is 24.5. The largest absolute Gasteiger partial charge is 0.456 e. The van der Waals surface area contributed by atoms with Gasteiger partial charge < -0.3 is 19.1 Å². The zero-order valence-corrected chi connectivity index (χ0v) is 73.4. The Morgan fingerprint density at radius 1 is 0.180 bits per heavy atom. The highest BCUT2D eigenvalue weighted by atomic mass is 79.9. The summed E-state index contributed by atoms with van der Waals surface area (Å²) in [6, 6.07) is 188. The van der Waals surface area contributed by atoms with E-state index < -0.39 is 16.1 Å². The summed E-state index contributed by atoms with van der Waals surface area (Å²) in [6.07, 6.45) is 0. The lowest BCUT2D eigenvalue weighted by molar-refractivity contribution is 0.668. The normalized spacial score (nSPS) is 11.3. The molecule has 20 aromatic carbocycles. The Labute approximate surface area is 759 Å². The standard InChI is InChI=1S/C60H43NOSi.C42H33NSi.C18H11BrO.CH4/c1-5-15-44(16-6-1)45-25-34-50(35-26-45)61(52-38-29-48(30-39-52)49-33-42-58-57-23-13-14-24-59(57)62-60(58)43-49)51-36-27-46(28-37-51)47-31-40-56(41-32-47)63(53-17-7-2-8-18-53,54-19-9-3-10-20-54)55-21-11-4-12-22-55;1-5-13-33(14-6-1)34-21-27-37(28-22-34)43-38-29-23-35(24-30-38)36-25-31-42(32-26-36)44(39-15-7-2-8-16-39,40-17-9-3-10-18-40)41-19-11-4-12-20-41;19-14-8-5-12(6-9-14)13-7-10-16-15-3-1-2-4-17(15)20-18(16)11-13;/h1-43H;1-32,43H;1-11H;1H4. The molecule has 0 saturated carbocycles. The Balaban J connectivity index is 0.000000141. The molecule has 4 nitrogen and oxygen atoms in total. The minimum atomic E-state index is -2.61. The van der Waals surface area contributed by atoms with Crippen molar-refractivity contribution >= 4 is 146 Å². The van der Waals surface area contributed by atoms with E-state index in [2.05, 4.69) is 511 Å². The number of anilines is 5. The number of hydrogen-bond donors (Lipinski definition) is 1. The number of nitrogens with zero attached hydrogens (tertiary/aromatic N) is 1. The van der Waals surface area contributed by atoms with Crippen molar-refractivity contribution in [2.75, 3.05) is 10.2 Å². The fourth-order valence-electron chi connectivity index (χ4n) is 18.2. The fraction of sp³-hybridized carbons (Fsp3) is 0.00826. The van der Waals surface area contributed by atoms with E-state index in [0.29, 0.717) is 0 Å². The summed E-state index contributed by atoms with van der Waals surface area (Å²) in [6.45, 7) is 0. The number of fused-ring (bicyclic) bond motifs is 6. The van der Waals surface area contributed by atoms with Crippen LogP contribution in [0.4, 0.5) is 28.4 Å². The van der Waals surface area contributed by atoms with Gasteiger partial charge in [0.15, 0.2) is 16.1 Å². The molecule has 2 aromatic heterocycles. The number of benzene rings is 20. The zero-order chi connectivity index (χ0) is 85.1. The molecule has 0 bridgehead atoms. The van der Waals surface area contributed by atoms with Gasteiger partial charge in [-0.1, -0.05) is 436 Å². The molecule has 22 aromatic rings. The molecule has 612 valence electrons. The number of hydrogen-bond acceptors (Lipinski definition) is 4. The van der Waals surface area contributed by atoms with Gasteiger partial charge in [-0.15, -0.1) is 0 Å². The lowest BCUT2D eigenvalue weighted by Crippen LogP contribution is -2.74. The van der Waals surface area contributed by atoms with E-state index >= 15 is 0 Å². The second-order valence-electron chi connectivity index (χ2n) is 32.0.